The van der Waals surface area contributed by atoms with Gasteiger partial charge in [-0.2, -0.15) is 0 Å². The summed E-state index contributed by atoms with van der Waals surface area (Å²) in [5.74, 6) is 3.07. The molecular formula is C26H30N2OS3. The number of nitrogens with zero attached hydrogens (tertiary/aromatic N) is 1. The van der Waals surface area contributed by atoms with Crippen molar-refractivity contribution in [3.8, 4) is 5.75 Å². The number of allylic oxidation sites excluding steroid dienone is 1. The molecule has 0 bridgehead atoms. The van der Waals surface area contributed by atoms with Crippen LogP contribution in [0.15, 0.2) is 65.7 Å². The zero-order chi connectivity index (χ0) is 22.0. The Hall–Kier alpha value is -1.50. The molecule has 2 aromatic rings. The van der Waals surface area contributed by atoms with Gasteiger partial charge in [0.2, 0.25) is 0 Å². The molecule has 0 spiro atoms. The second-order valence-corrected chi connectivity index (χ2v) is 13.0. The first-order valence-corrected chi connectivity index (χ1v) is 14.1. The van der Waals surface area contributed by atoms with Crippen molar-refractivity contribution in [2.45, 2.75) is 40.9 Å². The van der Waals surface area contributed by atoms with Crippen LogP contribution in [-0.4, -0.2) is 33.9 Å². The summed E-state index contributed by atoms with van der Waals surface area (Å²) in [6.07, 6.45) is 7.72. The fraction of sp³-hybridized carbons (Fsp3) is 0.423. The molecule has 168 valence electrons. The predicted molar refractivity (Wildman–Crippen MR) is 143 cm³/mol. The molecule has 0 unspecified atom stereocenters. The molecule has 6 heteroatoms. The fourth-order valence-electron chi connectivity index (χ4n) is 5.10. The molecule has 0 amide bonds. The van der Waals surface area contributed by atoms with Gasteiger partial charge in [-0.25, -0.2) is 0 Å². The van der Waals surface area contributed by atoms with E-state index in [1.807, 2.05) is 0 Å². The Balaban J connectivity index is 1.50. The average Bonchev–Trinajstić information content (AvgIpc) is 3.28. The Kier molecular flexibility index (Phi) is 6.81. The van der Waals surface area contributed by atoms with Gasteiger partial charge < -0.3 is 10.5 Å². The van der Waals surface area contributed by atoms with E-state index in [9.17, 15) is 0 Å². The van der Waals surface area contributed by atoms with Crippen LogP contribution in [0.4, 0.5) is 0 Å². The minimum Gasteiger partial charge on any atom is -0.497 e. The number of hydrogen-bond donors (Lipinski definition) is 1. The van der Waals surface area contributed by atoms with Crippen molar-refractivity contribution in [3.63, 3.8) is 0 Å². The van der Waals surface area contributed by atoms with Gasteiger partial charge in [-0.05, 0) is 42.0 Å². The van der Waals surface area contributed by atoms with Crippen molar-refractivity contribution in [2.75, 3.05) is 19.4 Å². The van der Waals surface area contributed by atoms with Gasteiger partial charge in [0.05, 0.1) is 17.7 Å². The molecule has 3 nitrogen and oxygen atoms in total. The summed E-state index contributed by atoms with van der Waals surface area (Å²) in [5.41, 5.74) is 8.70. The molecule has 0 saturated heterocycles. The topological polar surface area (TPSA) is 47.6 Å². The summed E-state index contributed by atoms with van der Waals surface area (Å²) >= 11 is 6.07. The Labute approximate surface area is 204 Å². The summed E-state index contributed by atoms with van der Waals surface area (Å²) in [4.78, 5) is 5.86. The van der Waals surface area contributed by atoms with Crippen LogP contribution in [0.1, 0.15) is 42.7 Å². The van der Waals surface area contributed by atoms with E-state index < -0.39 is 0 Å². The second kappa shape index (κ2) is 9.78. The molecule has 1 aliphatic carbocycles. The zero-order valence-electron chi connectivity index (χ0n) is 18.4. The summed E-state index contributed by atoms with van der Waals surface area (Å²) in [7, 11) is 1.74. The predicted octanol–water partition coefficient (Wildman–Crippen LogP) is 6.62. The first kappa shape index (κ1) is 22.3. The minimum atomic E-state index is 0.195. The normalized spacial score (nSPS) is 29.7. The molecule has 1 fully saturated rings. The van der Waals surface area contributed by atoms with Crippen LogP contribution >= 0.6 is 35.3 Å². The molecule has 0 aromatic heterocycles. The minimum absolute atomic E-state index is 0.195. The van der Waals surface area contributed by atoms with Crippen LogP contribution in [0.5, 0.6) is 5.75 Å². The maximum atomic E-state index is 5.96. The maximum Gasteiger partial charge on any atom is 0.154 e. The third kappa shape index (κ3) is 4.59. The second-order valence-electron chi connectivity index (χ2n) is 8.69. The van der Waals surface area contributed by atoms with Gasteiger partial charge in [0, 0.05) is 21.8 Å². The lowest BCUT2D eigenvalue weighted by molar-refractivity contribution is 0.320. The number of fused-ring (bicyclic) bond motifs is 1. The standard InChI is InChI=1S/C26H30N2OS3/c1-29-20-12-10-18(11-13-20)22-15-24(19-7-3-2-4-8-19)32-26(14-6-5-9-23(22)26)30-17-21-16-28-25(27)31-21/h2-4,7-8,10-13,15,21-23H,5-6,9,14,16-17H2,1H3,(H2,27,28)/t21-,22-,23+,26+/m0/s1. The van der Waals surface area contributed by atoms with Crippen molar-refractivity contribution >= 4 is 45.4 Å². The van der Waals surface area contributed by atoms with Crippen LogP contribution in [0, 0.1) is 5.92 Å². The molecule has 32 heavy (non-hydrogen) atoms. The van der Waals surface area contributed by atoms with Crippen LogP contribution in [0.2, 0.25) is 0 Å². The largest absolute Gasteiger partial charge is 0.497 e. The van der Waals surface area contributed by atoms with Crippen LogP contribution in [0.25, 0.3) is 4.91 Å². The molecule has 2 aromatic carbocycles. The Bertz CT molecular complexity index is 992. The average molecular weight is 483 g/mol. The van der Waals surface area contributed by atoms with E-state index in [2.05, 4.69) is 89.2 Å². The lowest BCUT2D eigenvalue weighted by atomic mass is 9.75. The number of thioether (sulfide) groups is 3. The Morgan fingerprint density at radius 3 is 2.66 bits per heavy atom. The molecule has 2 N–H and O–H groups in total. The molecule has 3 aliphatic rings. The third-order valence-corrected chi connectivity index (χ3v) is 11.6. The number of nitrogens with two attached hydrogens (primary N) is 1. The number of ether oxygens (including phenoxy) is 1. The smallest absolute Gasteiger partial charge is 0.154 e. The van der Waals surface area contributed by atoms with E-state index in [1.165, 1.54) is 41.7 Å². The summed E-state index contributed by atoms with van der Waals surface area (Å²) in [5, 5.41) is 1.26. The number of amidine groups is 1. The molecular weight excluding hydrogens is 453 g/mol. The van der Waals surface area contributed by atoms with Gasteiger partial charge in [0.25, 0.3) is 0 Å². The zero-order valence-corrected chi connectivity index (χ0v) is 20.9. The number of hydrogen-bond acceptors (Lipinski definition) is 6. The van der Waals surface area contributed by atoms with Crippen molar-refractivity contribution < 1.29 is 4.74 Å². The van der Waals surface area contributed by atoms with Crippen molar-refractivity contribution in [1.82, 2.24) is 0 Å². The quantitative estimate of drug-likeness (QED) is 0.501. The monoisotopic (exact) mass is 482 g/mol. The lowest BCUT2D eigenvalue weighted by Gasteiger charge is -2.50. The number of methoxy groups -OCH3 is 1. The fourth-order valence-corrected chi connectivity index (χ4v) is 9.77. The van der Waals surface area contributed by atoms with E-state index in [-0.39, 0.29) is 4.08 Å². The van der Waals surface area contributed by atoms with Crippen LogP contribution < -0.4 is 10.5 Å². The first-order chi connectivity index (χ1) is 15.7. The highest BCUT2D eigenvalue weighted by Gasteiger charge is 2.49. The Morgan fingerprint density at radius 1 is 1.12 bits per heavy atom. The van der Waals surface area contributed by atoms with Crippen LogP contribution in [0.3, 0.4) is 0 Å². The van der Waals surface area contributed by atoms with E-state index in [0.717, 1.165) is 23.2 Å². The van der Waals surface area contributed by atoms with E-state index in [4.69, 9.17) is 10.5 Å². The van der Waals surface area contributed by atoms with Crippen LogP contribution in [-0.2, 0) is 0 Å². The van der Waals surface area contributed by atoms with E-state index in [1.54, 1.807) is 18.9 Å². The highest BCUT2D eigenvalue weighted by Crippen LogP contribution is 2.63. The van der Waals surface area contributed by atoms with Gasteiger partial charge in [-0.15, -0.1) is 23.5 Å². The van der Waals surface area contributed by atoms with E-state index >= 15 is 0 Å². The van der Waals surface area contributed by atoms with Crippen molar-refractivity contribution in [1.29, 1.82) is 0 Å². The highest BCUT2D eigenvalue weighted by molar-refractivity contribution is 8.23. The third-order valence-electron chi connectivity index (χ3n) is 6.71. The molecule has 1 saturated carbocycles. The van der Waals surface area contributed by atoms with Gasteiger partial charge >= 0.3 is 0 Å². The van der Waals surface area contributed by atoms with E-state index in [0.29, 0.717) is 17.1 Å². The van der Waals surface area contributed by atoms with Gasteiger partial charge in [0.1, 0.15) is 5.75 Å². The molecule has 2 heterocycles. The molecule has 0 radical (unpaired) electrons. The summed E-state index contributed by atoms with van der Waals surface area (Å²) in [6.45, 7) is 0.859. The number of benzene rings is 2. The maximum absolute atomic E-state index is 5.96. The summed E-state index contributed by atoms with van der Waals surface area (Å²) in [6, 6.07) is 19.7. The van der Waals surface area contributed by atoms with Gasteiger partial charge in [0.15, 0.2) is 5.17 Å². The Morgan fingerprint density at radius 2 is 1.94 bits per heavy atom. The highest BCUT2D eigenvalue weighted by atomic mass is 32.2. The SMILES string of the molecule is COc1ccc([C@@H]2C=C(c3ccccc3)S[C@]3(SC[C@@H]4CN=C(N)S4)CCCC[C@H]23)cc1. The lowest BCUT2D eigenvalue weighted by Crippen LogP contribution is -2.41. The molecule has 4 atom stereocenters. The number of aliphatic imine (C=N–C) groups is 1. The van der Waals surface area contributed by atoms with Gasteiger partial charge in [-0.1, -0.05) is 73.1 Å². The molecule has 5 rings (SSSR count). The molecule has 2 aliphatic heterocycles. The first-order valence-electron chi connectivity index (χ1n) is 11.4. The number of rotatable bonds is 6. The summed E-state index contributed by atoms with van der Waals surface area (Å²) < 4.78 is 5.63. The van der Waals surface area contributed by atoms with Crippen molar-refractivity contribution in [2.24, 2.45) is 16.6 Å². The van der Waals surface area contributed by atoms with Gasteiger partial charge in [-0.3, -0.25) is 4.99 Å². The van der Waals surface area contributed by atoms with Crippen molar-refractivity contribution in [3.05, 3.63) is 71.8 Å².